The lowest BCUT2D eigenvalue weighted by Gasteiger charge is -2.32. The summed E-state index contributed by atoms with van der Waals surface area (Å²) in [6.45, 7) is 3.23. The molecule has 0 bridgehead atoms. The predicted octanol–water partition coefficient (Wildman–Crippen LogP) is 2.97. The van der Waals surface area contributed by atoms with E-state index >= 15 is 0 Å². The van der Waals surface area contributed by atoms with E-state index in [1.54, 1.807) is 7.11 Å². The molecule has 0 heterocycles. The molecule has 0 aliphatic heterocycles. The van der Waals surface area contributed by atoms with Gasteiger partial charge < -0.3 is 10.1 Å². The Kier molecular flexibility index (Phi) is 3.83. The van der Waals surface area contributed by atoms with Crippen molar-refractivity contribution in [2.45, 2.75) is 38.8 Å². The maximum Gasteiger partial charge on any atom is 0.119 e. The van der Waals surface area contributed by atoms with Crippen LogP contribution in [0.25, 0.3) is 0 Å². The summed E-state index contributed by atoms with van der Waals surface area (Å²) in [7, 11) is 1.71. The fourth-order valence-electron chi connectivity index (χ4n) is 2.17. The Labute approximate surface area is 98.0 Å². The molecule has 2 nitrogen and oxygen atoms in total. The number of benzene rings is 1. The molecular formula is C14H21NO. The molecule has 2 heteroatoms. The third-order valence-corrected chi connectivity index (χ3v) is 3.62. The van der Waals surface area contributed by atoms with Crippen LogP contribution in [0.15, 0.2) is 24.3 Å². The summed E-state index contributed by atoms with van der Waals surface area (Å²) in [4.78, 5) is 0. The van der Waals surface area contributed by atoms with Crippen molar-refractivity contribution >= 4 is 0 Å². The van der Waals surface area contributed by atoms with Crippen molar-refractivity contribution in [3.63, 3.8) is 0 Å². The van der Waals surface area contributed by atoms with Crippen molar-refractivity contribution in [1.29, 1.82) is 0 Å². The Hall–Kier alpha value is -1.02. The lowest BCUT2D eigenvalue weighted by atomic mass is 9.80. The Morgan fingerprint density at radius 3 is 2.88 bits per heavy atom. The second-order valence-corrected chi connectivity index (χ2v) is 4.71. The molecule has 88 valence electrons. The number of hydrogen-bond acceptors (Lipinski definition) is 2. The van der Waals surface area contributed by atoms with E-state index in [0.717, 1.165) is 18.2 Å². The predicted molar refractivity (Wildman–Crippen MR) is 66.6 cm³/mol. The van der Waals surface area contributed by atoms with Crippen LogP contribution in [0.4, 0.5) is 0 Å². The van der Waals surface area contributed by atoms with E-state index in [9.17, 15) is 0 Å². The van der Waals surface area contributed by atoms with Gasteiger partial charge in [0.1, 0.15) is 5.75 Å². The lowest BCUT2D eigenvalue weighted by molar-refractivity contribution is 0.240. The first-order valence-electron chi connectivity index (χ1n) is 6.16. The first-order chi connectivity index (χ1) is 7.79. The molecule has 1 fully saturated rings. The highest BCUT2D eigenvalue weighted by atomic mass is 16.5. The molecule has 1 aliphatic carbocycles. The molecule has 16 heavy (non-hydrogen) atoms. The molecule has 0 saturated heterocycles. The molecule has 1 aliphatic rings. The van der Waals surface area contributed by atoms with Gasteiger partial charge in [0.15, 0.2) is 0 Å². The lowest BCUT2D eigenvalue weighted by Crippen LogP contribution is -2.36. The first-order valence-corrected chi connectivity index (χ1v) is 6.16. The Morgan fingerprint density at radius 1 is 1.44 bits per heavy atom. The van der Waals surface area contributed by atoms with E-state index in [0.29, 0.717) is 6.04 Å². The highest BCUT2D eigenvalue weighted by Gasteiger charge is 2.23. The van der Waals surface area contributed by atoms with Gasteiger partial charge in [-0.05, 0) is 43.4 Å². The summed E-state index contributed by atoms with van der Waals surface area (Å²) in [6.07, 6.45) is 4.20. The van der Waals surface area contributed by atoms with E-state index in [4.69, 9.17) is 4.74 Å². The molecule has 1 N–H and O–H groups in total. The zero-order chi connectivity index (χ0) is 11.4. The minimum Gasteiger partial charge on any atom is -0.497 e. The number of nitrogens with one attached hydrogen (secondary N) is 1. The highest BCUT2D eigenvalue weighted by molar-refractivity contribution is 5.28. The molecule has 0 aromatic heterocycles. The molecule has 0 amide bonds. The fourth-order valence-corrected chi connectivity index (χ4v) is 2.17. The van der Waals surface area contributed by atoms with Crippen molar-refractivity contribution < 1.29 is 4.74 Å². The van der Waals surface area contributed by atoms with Crippen LogP contribution in [0.1, 0.15) is 31.7 Å². The van der Waals surface area contributed by atoms with Crippen molar-refractivity contribution in [3.8, 4) is 5.75 Å². The zero-order valence-corrected chi connectivity index (χ0v) is 10.2. The normalized spacial score (nSPS) is 17.9. The van der Waals surface area contributed by atoms with E-state index < -0.39 is 0 Å². The Bertz CT molecular complexity index is 333. The summed E-state index contributed by atoms with van der Waals surface area (Å²) < 4.78 is 5.21. The summed E-state index contributed by atoms with van der Waals surface area (Å²) in [5.41, 5.74) is 1.30. The van der Waals surface area contributed by atoms with Crippen LogP contribution < -0.4 is 10.1 Å². The van der Waals surface area contributed by atoms with Crippen LogP contribution in [-0.4, -0.2) is 13.2 Å². The third-order valence-electron chi connectivity index (χ3n) is 3.62. The molecule has 0 radical (unpaired) electrons. The molecular weight excluding hydrogens is 198 g/mol. The van der Waals surface area contributed by atoms with Gasteiger partial charge in [-0.15, -0.1) is 0 Å². The average Bonchev–Trinajstić information content (AvgIpc) is 2.24. The second kappa shape index (κ2) is 5.35. The first kappa shape index (κ1) is 11.5. The van der Waals surface area contributed by atoms with Crippen molar-refractivity contribution in [2.75, 3.05) is 7.11 Å². The van der Waals surface area contributed by atoms with Crippen LogP contribution in [-0.2, 0) is 6.54 Å². The van der Waals surface area contributed by atoms with Crippen molar-refractivity contribution in [2.24, 2.45) is 5.92 Å². The topological polar surface area (TPSA) is 21.3 Å². The van der Waals surface area contributed by atoms with Gasteiger partial charge >= 0.3 is 0 Å². The van der Waals surface area contributed by atoms with Crippen LogP contribution in [0.5, 0.6) is 5.75 Å². The summed E-state index contributed by atoms with van der Waals surface area (Å²) in [5, 5.41) is 3.60. The fraction of sp³-hybridized carbons (Fsp3) is 0.571. The van der Waals surface area contributed by atoms with Gasteiger partial charge in [-0.25, -0.2) is 0 Å². The van der Waals surface area contributed by atoms with Crippen LogP contribution >= 0.6 is 0 Å². The highest BCUT2D eigenvalue weighted by Crippen LogP contribution is 2.29. The second-order valence-electron chi connectivity index (χ2n) is 4.71. The van der Waals surface area contributed by atoms with Crippen molar-refractivity contribution in [1.82, 2.24) is 5.32 Å². The van der Waals surface area contributed by atoms with Crippen LogP contribution in [0.3, 0.4) is 0 Å². The van der Waals surface area contributed by atoms with Crippen LogP contribution in [0, 0.1) is 5.92 Å². The van der Waals surface area contributed by atoms with Crippen molar-refractivity contribution in [3.05, 3.63) is 29.8 Å². The van der Waals surface area contributed by atoms with Gasteiger partial charge in [-0.2, -0.15) is 0 Å². The summed E-state index contributed by atoms with van der Waals surface area (Å²) in [6, 6.07) is 8.91. The molecule has 1 atom stereocenters. The molecule has 1 aromatic carbocycles. The molecule has 2 rings (SSSR count). The van der Waals surface area contributed by atoms with Gasteiger partial charge in [0, 0.05) is 12.6 Å². The van der Waals surface area contributed by atoms with E-state index in [1.807, 2.05) is 12.1 Å². The largest absolute Gasteiger partial charge is 0.497 e. The maximum absolute atomic E-state index is 5.21. The van der Waals surface area contributed by atoms with Gasteiger partial charge in [0.05, 0.1) is 7.11 Å². The van der Waals surface area contributed by atoms with Crippen LogP contribution in [0.2, 0.25) is 0 Å². The van der Waals surface area contributed by atoms with Gasteiger partial charge in [-0.3, -0.25) is 0 Å². The van der Waals surface area contributed by atoms with E-state index in [2.05, 4.69) is 24.4 Å². The Balaban J connectivity index is 1.83. The van der Waals surface area contributed by atoms with Gasteiger partial charge in [-0.1, -0.05) is 18.6 Å². The average molecular weight is 219 g/mol. The van der Waals surface area contributed by atoms with Gasteiger partial charge in [0.25, 0.3) is 0 Å². The molecule has 0 spiro atoms. The van der Waals surface area contributed by atoms with E-state index in [1.165, 1.54) is 24.8 Å². The number of rotatable bonds is 5. The standard InChI is InChI=1S/C14H21NO/c1-11(13-6-4-7-13)15-10-12-5-3-8-14(9-12)16-2/h3,5,8-9,11,13,15H,4,6-7,10H2,1-2H3. The maximum atomic E-state index is 5.21. The van der Waals surface area contributed by atoms with Gasteiger partial charge in [0.2, 0.25) is 0 Å². The quantitative estimate of drug-likeness (QED) is 0.822. The molecule has 1 unspecified atom stereocenters. The minimum atomic E-state index is 0.639. The minimum absolute atomic E-state index is 0.639. The Morgan fingerprint density at radius 2 is 2.25 bits per heavy atom. The zero-order valence-electron chi connectivity index (χ0n) is 10.2. The SMILES string of the molecule is COc1cccc(CNC(C)C2CCC2)c1. The van der Waals surface area contributed by atoms with E-state index in [-0.39, 0.29) is 0 Å². The third kappa shape index (κ3) is 2.76. The summed E-state index contributed by atoms with van der Waals surface area (Å²) in [5.74, 6) is 1.83. The monoisotopic (exact) mass is 219 g/mol. The number of methoxy groups -OCH3 is 1. The molecule has 1 aromatic rings. The molecule has 1 saturated carbocycles. The number of hydrogen-bond donors (Lipinski definition) is 1. The number of ether oxygens (including phenoxy) is 1. The summed E-state index contributed by atoms with van der Waals surface area (Å²) >= 11 is 0. The smallest absolute Gasteiger partial charge is 0.119 e.